The summed E-state index contributed by atoms with van der Waals surface area (Å²) in [6.45, 7) is 12.2. The molecule has 2 rings (SSSR count). The van der Waals surface area contributed by atoms with Crippen LogP contribution >= 0.6 is 0 Å². The molecule has 1 aliphatic carbocycles. The highest BCUT2D eigenvalue weighted by Gasteiger charge is 2.42. The van der Waals surface area contributed by atoms with Crippen molar-refractivity contribution in [2.24, 2.45) is 17.3 Å². The first-order valence-corrected chi connectivity index (χ1v) is 7.88. The highest BCUT2D eigenvalue weighted by atomic mass is 15.1. The van der Waals surface area contributed by atoms with Gasteiger partial charge in [0.15, 0.2) is 0 Å². The van der Waals surface area contributed by atoms with Gasteiger partial charge >= 0.3 is 0 Å². The van der Waals surface area contributed by atoms with E-state index in [0.29, 0.717) is 5.41 Å². The molecule has 0 bridgehead atoms. The maximum atomic E-state index is 2.56. The van der Waals surface area contributed by atoms with Crippen LogP contribution in [0.15, 0.2) is 11.1 Å². The molecule has 1 spiro atoms. The van der Waals surface area contributed by atoms with E-state index >= 15 is 0 Å². The lowest BCUT2D eigenvalue weighted by Gasteiger charge is -2.49. The molecule has 1 aliphatic heterocycles. The maximum absolute atomic E-state index is 2.56. The number of hydrogen-bond donors (Lipinski definition) is 0. The van der Waals surface area contributed by atoms with Gasteiger partial charge in [0, 0.05) is 12.0 Å². The fourth-order valence-corrected chi connectivity index (χ4v) is 4.60. The molecule has 1 saturated heterocycles. The largest absolute Gasteiger partial charge is 0.305 e. The molecule has 0 aromatic carbocycles. The molecule has 1 heterocycles. The van der Waals surface area contributed by atoms with Gasteiger partial charge in [-0.05, 0) is 57.5 Å². The molecule has 104 valence electrons. The zero-order valence-electron chi connectivity index (χ0n) is 13.1. The first-order chi connectivity index (χ1) is 8.46. The minimum Gasteiger partial charge on any atom is -0.305 e. The summed E-state index contributed by atoms with van der Waals surface area (Å²) in [5, 5.41) is 0. The maximum Gasteiger partial charge on any atom is 0.00725 e. The second kappa shape index (κ2) is 5.36. The van der Waals surface area contributed by atoms with Crippen LogP contribution in [-0.4, -0.2) is 25.0 Å². The lowest BCUT2D eigenvalue weighted by Crippen LogP contribution is -2.45. The van der Waals surface area contributed by atoms with Crippen molar-refractivity contribution in [1.82, 2.24) is 4.90 Å². The Morgan fingerprint density at radius 1 is 1.00 bits per heavy atom. The lowest BCUT2D eigenvalue weighted by atomic mass is 9.61. The number of likely N-dealkylation sites (tertiary alicyclic amines) is 1. The number of hydrogen-bond acceptors (Lipinski definition) is 1. The number of nitrogens with zero attached hydrogens (tertiary/aromatic N) is 1. The highest BCUT2D eigenvalue weighted by Crippen LogP contribution is 2.50. The van der Waals surface area contributed by atoms with Crippen LogP contribution in [0.4, 0.5) is 0 Å². The molecule has 1 fully saturated rings. The molecule has 0 saturated carbocycles. The van der Waals surface area contributed by atoms with Gasteiger partial charge in [-0.25, -0.2) is 0 Å². The van der Waals surface area contributed by atoms with Gasteiger partial charge in [-0.3, -0.25) is 0 Å². The average molecular weight is 249 g/mol. The third-order valence-corrected chi connectivity index (χ3v) is 5.06. The van der Waals surface area contributed by atoms with Crippen molar-refractivity contribution in [3.05, 3.63) is 11.1 Å². The smallest absolute Gasteiger partial charge is 0.00725 e. The second-order valence-electron chi connectivity index (χ2n) is 7.22. The van der Waals surface area contributed by atoms with Crippen molar-refractivity contribution < 1.29 is 0 Å². The molecule has 0 N–H and O–H groups in total. The van der Waals surface area contributed by atoms with Crippen molar-refractivity contribution in [2.75, 3.05) is 20.1 Å². The summed E-state index contributed by atoms with van der Waals surface area (Å²) in [6, 6.07) is 0. The van der Waals surface area contributed by atoms with Crippen LogP contribution < -0.4 is 0 Å². The Bertz CT molecular complexity index is 327. The van der Waals surface area contributed by atoms with Gasteiger partial charge in [0.05, 0.1) is 0 Å². The van der Waals surface area contributed by atoms with Crippen LogP contribution in [-0.2, 0) is 0 Å². The van der Waals surface area contributed by atoms with Crippen molar-refractivity contribution in [3.63, 3.8) is 0 Å². The van der Waals surface area contributed by atoms with Gasteiger partial charge in [0.1, 0.15) is 0 Å². The molecule has 18 heavy (non-hydrogen) atoms. The van der Waals surface area contributed by atoms with Crippen LogP contribution in [0.1, 0.15) is 59.8 Å². The molecular weight excluding hydrogens is 218 g/mol. The molecule has 0 amide bonds. The van der Waals surface area contributed by atoms with Crippen LogP contribution in [0, 0.1) is 17.3 Å². The Labute approximate surface area is 114 Å². The van der Waals surface area contributed by atoms with Gasteiger partial charge in [-0.1, -0.05) is 38.8 Å². The molecule has 0 aromatic rings. The van der Waals surface area contributed by atoms with E-state index in [4.69, 9.17) is 0 Å². The summed E-state index contributed by atoms with van der Waals surface area (Å²) in [7, 11) is 2.31. The standard InChI is InChI=1S/C17H31N/c1-13(2)15-8-6-9-17(16(15)14(3)4)10-7-11-18(5)12-17/h13-14H,6-12H2,1-5H3. The summed E-state index contributed by atoms with van der Waals surface area (Å²) in [6.07, 6.45) is 7.02. The summed E-state index contributed by atoms with van der Waals surface area (Å²) >= 11 is 0. The van der Waals surface area contributed by atoms with Crippen molar-refractivity contribution in [1.29, 1.82) is 0 Å². The first kappa shape index (κ1) is 14.1. The normalized spacial score (nSPS) is 30.8. The molecule has 1 nitrogen and oxygen atoms in total. The molecule has 0 radical (unpaired) electrons. The Hall–Kier alpha value is -0.300. The number of piperidine rings is 1. The highest BCUT2D eigenvalue weighted by molar-refractivity contribution is 5.29. The van der Waals surface area contributed by atoms with Crippen LogP contribution in [0.5, 0.6) is 0 Å². The zero-order chi connectivity index (χ0) is 13.3. The van der Waals surface area contributed by atoms with Crippen molar-refractivity contribution in [3.8, 4) is 0 Å². The van der Waals surface area contributed by atoms with Crippen LogP contribution in [0.2, 0.25) is 0 Å². The van der Waals surface area contributed by atoms with Gasteiger partial charge in [-0.15, -0.1) is 0 Å². The van der Waals surface area contributed by atoms with E-state index in [-0.39, 0.29) is 0 Å². The minimum absolute atomic E-state index is 0.527. The fraction of sp³-hybridized carbons (Fsp3) is 0.882. The van der Waals surface area contributed by atoms with E-state index < -0.39 is 0 Å². The summed E-state index contributed by atoms with van der Waals surface area (Å²) in [4.78, 5) is 2.56. The molecular formula is C17H31N. The summed E-state index contributed by atoms with van der Waals surface area (Å²) < 4.78 is 0. The minimum atomic E-state index is 0.527. The second-order valence-corrected chi connectivity index (χ2v) is 7.22. The zero-order valence-corrected chi connectivity index (χ0v) is 13.1. The predicted molar refractivity (Wildman–Crippen MR) is 79.7 cm³/mol. The van der Waals surface area contributed by atoms with E-state index in [0.717, 1.165) is 11.8 Å². The molecule has 1 atom stereocenters. The predicted octanol–water partition coefficient (Wildman–Crippen LogP) is 4.49. The first-order valence-electron chi connectivity index (χ1n) is 7.88. The van der Waals surface area contributed by atoms with Crippen molar-refractivity contribution >= 4 is 0 Å². The van der Waals surface area contributed by atoms with E-state index in [1.54, 1.807) is 5.57 Å². The average Bonchev–Trinajstić information content (AvgIpc) is 2.27. The molecule has 1 unspecified atom stereocenters. The van der Waals surface area contributed by atoms with Gasteiger partial charge in [-0.2, -0.15) is 0 Å². The van der Waals surface area contributed by atoms with Gasteiger partial charge in [0.25, 0.3) is 0 Å². The SMILES string of the molecule is CC(C)C1=C(C(C)C)C2(CCC1)CCCN(C)C2. The van der Waals surface area contributed by atoms with Gasteiger partial charge < -0.3 is 4.90 Å². The Kier molecular flexibility index (Phi) is 4.21. The van der Waals surface area contributed by atoms with E-state index in [9.17, 15) is 0 Å². The monoisotopic (exact) mass is 249 g/mol. The third-order valence-electron chi connectivity index (χ3n) is 5.06. The summed E-state index contributed by atoms with van der Waals surface area (Å²) in [5.41, 5.74) is 4.17. The quantitative estimate of drug-likeness (QED) is 0.652. The van der Waals surface area contributed by atoms with Crippen molar-refractivity contribution in [2.45, 2.75) is 59.8 Å². The van der Waals surface area contributed by atoms with Crippen LogP contribution in [0.25, 0.3) is 0 Å². The Morgan fingerprint density at radius 3 is 2.22 bits per heavy atom. The Balaban J connectivity index is 2.41. The lowest BCUT2D eigenvalue weighted by molar-refractivity contribution is 0.112. The number of rotatable bonds is 2. The van der Waals surface area contributed by atoms with E-state index in [1.807, 2.05) is 5.57 Å². The number of allylic oxidation sites excluding steroid dienone is 1. The topological polar surface area (TPSA) is 3.24 Å². The molecule has 0 aromatic heterocycles. The van der Waals surface area contributed by atoms with E-state index in [2.05, 4.69) is 39.6 Å². The molecule has 2 aliphatic rings. The Morgan fingerprint density at radius 2 is 1.67 bits per heavy atom. The molecule has 1 heteroatoms. The fourth-order valence-electron chi connectivity index (χ4n) is 4.60. The van der Waals surface area contributed by atoms with Gasteiger partial charge in [0.2, 0.25) is 0 Å². The third kappa shape index (κ3) is 2.52. The van der Waals surface area contributed by atoms with E-state index in [1.165, 1.54) is 45.2 Å². The van der Waals surface area contributed by atoms with Crippen LogP contribution in [0.3, 0.4) is 0 Å². The summed E-state index contributed by atoms with van der Waals surface area (Å²) in [5.74, 6) is 1.47.